The summed E-state index contributed by atoms with van der Waals surface area (Å²) in [5.41, 5.74) is 0. The Hall–Kier alpha value is 0.146. The van der Waals surface area contributed by atoms with E-state index in [-0.39, 0.29) is 63.0 Å². The standard InChI is InChI=1S/ClH.N2.5H3N.Os/c;1-2;;;;;;/h1H;;5*1H3;/q;;;;;;;+7/p-1. The van der Waals surface area contributed by atoms with Gasteiger partial charge in [-0.05, 0) is 0 Å². The normalized spacial score (nSPS) is 0.222. The summed E-state index contributed by atoms with van der Waals surface area (Å²) in [7, 11) is 0. The first-order valence-electron chi connectivity index (χ1n) is 0.200. The summed E-state index contributed by atoms with van der Waals surface area (Å²) in [5, 5.41) is 12.0. The zero-order valence-electron chi connectivity index (χ0n) is 5.16. The Kier molecular flexibility index (Phi) is 997000. The Balaban J connectivity index is -0.000000000238. The van der Waals surface area contributed by atoms with Crippen molar-refractivity contribution in [3.8, 4) is 0 Å². The molecule has 59 valence electrons. The molecule has 0 spiro atoms. The minimum absolute atomic E-state index is 0. The molecule has 0 saturated carbocycles. The number of halogens is 1. The number of hydrogen-bond donors (Lipinski definition) is 5. The molecule has 0 rings (SSSR count). The topological polar surface area (TPSA) is 223 Å². The summed E-state index contributed by atoms with van der Waals surface area (Å²) >= 11 is 0. The van der Waals surface area contributed by atoms with E-state index in [0.29, 0.717) is 0 Å². The second-order valence-corrected chi connectivity index (χ2v) is 0. The maximum atomic E-state index is 6.00. The van der Waals surface area contributed by atoms with E-state index in [9.17, 15) is 0 Å². The van der Waals surface area contributed by atoms with E-state index < -0.39 is 0 Å². The number of nitrogens with zero attached hydrogens (tertiary/aromatic N) is 2. The van der Waals surface area contributed by atoms with Crippen LogP contribution in [0, 0.1) is 10.8 Å². The molecule has 9 heavy (non-hydrogen) atoms. The zero-order chi connectivity index (χ0) is 2.00. The van der Waals surface area contributed by atoms with Crippen LogP contribution in [0.15, 0.2) is 0 Å². The summed E-state index contributed by atoms with van der Waals surface area (Å²) in [6, 6.07) is 0. The quantitative estimate of drug-likeness (QED) is 0.307. The third kappa shape index (κ3) is 14400. The van der Waals surface area contributed by atoms with Crippen molar-refractivity contribution >= 4 is 0 Å². The van der Waals surface area contributed by atoms with Crippen LogP contribution in [0.1, 0.15) is 0 Å². The van der Waals surface area contributed by atoms with Gasteiger partial charge in [0.1, 0.15) is 0 Å². The van der Waals surface area contributed by atoms with Gasteiger partial charge in [-0.15, -0.1) is 0 Å². The van der Waals surface area contributed by atoms with Gasteiger partial charge in [0, 0.05) is 10.8 Å². The van der Waals surface area contributed by atoms with Gasteiger partial charge >= 0.3 is 19.8 Å². The Bertz CT molecular complexity index is 13.6. The molecule has 0 amide bonds. The van der Waals surface area contributed by atoms with Crippen molar-refractivity contribution in [1.82, 2.24) is 30.8 Å². The first-order valence-corrected chi connectivity index (χ1v) is 0.200. The molecule has 0 heterocycles. The zero-order valence-corrected chi connectivity index (χ0v) is 8.46. The molecule has 7 nitrogen and oxygen atoms in total. The fraction of sp³-hybridized carbons (Fsp3) is 0. The van der Waals surface area contributed by atoms with Crippen LogP contribution in [0.5, 0.6) is 0 Å². The van der Waals surface area contributed by atoms with Gasteiger partial charge in [0.25, 0.3) is 0 Å². The molecule has 0 aromatic heterocycles. The molecule has 0 aliphatic carbocycles. The second-order valence-electron chi connectivity index (χ2n) is 0. The van der Waals surface area contributed by atoms with Crippen molar-refractivity contribution < 1.29 is 32.2 Å². The molecule has 0 saturated heterocycles. The van der Waals surface area contributed by atoms with Crippen molar-refractivity contribution in [2.24, 2.45) is 0 Å². The largest absolute Gasteiger partial charge is 7.00 e. The monoisotopic (exact) mass is 340 g/mol. The van der Waals surface area contributed by atoms with Crippen molar-refractivity contribution in [3.05, 3.63) is 0 Å². The molecule has 0 bridgehead atoms. The summed E-state index contributed by atoms with van der Waals surface area (Å²) in [6.07, 6.45) is 0. The SMILES string of the molecule is N.N.N.N.N.N#N.[Cl-].[Os+7]. The predicted octanol–water partition coefficient (Wildman–Crippen LogP) is -2.16. The Morgan fingerprint density at radius 3 is 0.556 bits per heavy atom. The molecule has 15 N–H and O–H groups in total. The molecule has 0 unspecified atom stereocenters. The number of hydrogen-bond acceptors (Lipinski definition) is 7. The molecule has 0 aromatic carbocycles. The van der Waals surface area contributed by atoms with Gasteiger partial charge in [-0.3, -0.25) is 0 Å². The van der Waals surface area contributed by atoms with Crippen molar-refractivity contribution in [2.45, 2.75) is 0 Å². The maximum Gasteiger partial charge on any atom is 7.00 e. The van der Waals surface area contributed by atoms with Crippen LogP contribution in [-0.2, 0) is 19.8 Å². The van der Waals surface area contributed by atoms with Gasteiger partial charge in [0.2, 0.25) is 0 Å². The molecule has 1 radical (unpaired) electrons. The summed E-state index contributed by atoms with van der Waals surface area (Å²) in [6.45, 7) is 0. The fourth-order valence-electron chi connectivity index (χ4n) is 0. The van der Waals surface area contributed by atoms with Gasteiger partial charge in [-0.1, -0.05) is 0 Å². The first kappa shape index (κ1) is 462. The van der Waals surface area contributed by atoms with E-state index >= 15 is 0 Å². The van der Waals surface area contributed by atoms with Crippen molar-refractivity contribution in [1.29, 1.82) is 10.8 Å². The average molecular weight is 339 g/mol. The molecule has 0 fully saturated rings. The minimum Gasteiger partial charge on any atom is -1.00 e. The smallest absolute Gasteiger partial charge is 1.00 e. The minimum atomic E-state index is 0. The maximum absolute atomic E-state index is 6.00. The van der Waals surface area contributed by atoms with Gasteiger partial charge in [-0.25, -0.2) is 0 Å². The van der Waals surface area contributed by atoms with Gasteiger partial charge in [-0.2, -0.15) is 0 Å². The Labute approximate surface area is 74.1 Å². The molecule has 0 atom stereocenters. The van der Waals surface area contributed by atoms with Crippen LogP contribution in [0.2, 0.25) is 0 Å². The molecule has 0 aliphatic heterocycles. The van der Waals surface area contributed by atoms with Gasteiger partial charge in [0.05, 0.1) is 0 Å². The van der Waals surface area contributed by atoms with Crippen LogP contribution in [-0.4, -0.2) is 0 Å². The Morgan fingerprint density at radius 1 is 0.556 bits per heavy atom. The van der Waals surface area contributed by atoms with Gasteiger partial charge < -0.3 is 43.2 Å². The van der Waals surface area contributed by atoms with Gasteiger partial charge in [0.15, 0.2) is 0 Å². The summed E-state index contributed by atoms with van der Waals surface area (Å²) in [4.78, 5) is 0. The molecule has 9 heteroatoms. The van der Waals surface area contributed by atoms with Crippen LogP contribution in [0.3, 0.4) is 0 Å². The van der Waals surface area contributed by atoms with Crippen LogP contribution in [0.4, 0.5) is 0 Å². The van der Waals surface area contributed by atoms with E-state index in [1.165, 1.54) is 0 Å². The third-order valence-electron chi connectivity index (χ3n) is 0. The van der Waals surface area contributed by atoms with Crippen molar-refractivity contribution in [2.75, 3.05) is 0 Å². The molecule has 0 aliphatic rings. The van der Waals surface area contributed by atoms with Crippen molar-refractivity contribution in [3.63, 3.8) is 0 Å². The molecule has 0 aromatic rings. The molecular formula is H15ClN7Os+6. The van der Waals surface area contributed by atoms with Crippen LogP contribution < -0.4 is 43.2 Å². The van der Waals surface area contributed by atoms with Crippen LogP contribution in [0.25, 0.3) is 0 Å². The predicted molar refractivity (Wildman–Crippen MR) is 28.6 cm³/mol. The van der Waals surface area contributed by atoms with E-state index in [1.54, 1.807) is 0 Å². The van der Waals surface area contributed by atoms with E-state index in [4.69, 9.17) is 10.8 Å². The second kappa shape index (κ2) is 19400. The summed E-state index contributed by atoms with van der Waals surface area (Å²) in [5.74, 6) is 0. The van der Waals surface area contributed by atoms with Crippen LogP contribution >= 0.6 is 0 Å². The average Bonchev–Trinajstić information content (AvgIpc) is 1.00. The Morgan fingerprint density at radius 2 is 0.556 bits per heavy atom. The first-order chi connectivity index (χ1) is 1.00. The fourth-order valence-corrected chi connectivity index (χ4v) is 0. The van der Waals surface area contributed by atoms with E-state index in [0.717, 1.165) is 0 Å². The van der Waals surface area contributed by atoms with E-state index in [1.807, 2.05) is 0 Å². The molecular weight excluding hydrogens is 324 g/mol. The number of rotatable bonds is 0. The third-order valence-corrected chi connectivity index (χ3v) is 0. The van der Waals surface area contributed by atoms with E-state index in [2.05, 4.69) is 0 Å². The summed E-state index contributed by atoms with van der Waals surface area (Å²) < 4.78 is 0.